The number of nitrogens with one attached hydrogen (secondary N) is 1. The minimum atomic E-state index is 0.118. The van der Waals surface area contributed by atoms with Crippen molar-refractivity contribution < 1.29 is 5.11 Å². The monoisotopic (exact) mass is 177 g/mol. The Hall–Kier alpha value is -1.12. The van der Waals surface area contributed by atoms with Crippen LogP contribution < -0.4 is 5.32 Å². The van der Waals surface area contributed by atoms with Crippen LogP contribution in [0.1, 0.15) is 5.56 Å². The predicted octanol–water partition coefficient (Wildman–Crippen LogP) is 1.32. The molecule has 0 aromatic heterocycles. The molecule has 0 aliphatic carbocycles. The zero-order valence-electron chi connectivity index (χ0n) is 7.61. The van der Waals surface area contributed by atoms with Crippen LogP contribution in [0.15, 0.2) is 42.5 Å². The molecule has 1 aromatic carbocycles. The number of hydrogen-bond donors (Lipinski definition) is 2. The summed E-state index contributed by atoms with van der Waals surface area (Å²) in [6.45, 7) is 1.79. The Labute approximate surface area is 78.9 Å². The van der Waals surface area contributed by atoms with Gasteiger partial charge in [-0.3, -0.25) is 0 Å². The van der Waals surface area contributed by atoms with E-state index in [1.54, 1.807) is 6.08 Å². The summed E-state index contributed by atoms with van der Waals surface area (Å²) >= 11 is 0. The van der Waals surface area contributed by atoms with Crippen molar-refractivity contribution in [1.29, 1.82) is 0 Å². The summed E-state index contributed by atoms with van der Waals surface area (Å²) in [7, 11) is 0. The van der Waals surface area contributed by atoms with Crippen LogP contribution in [0, 0.1) is 0 Å². The molecule has 13 heavy (non-hydrogen) atoms. The summed E-state index contributed by atoms with van der Waals surface area (Å²) in [5.41, 5.74) is 1.28. The minimum Gasteiger partial charge on any atom is -0.392 e. The van der Waals surface area contributed by atoms with Crippen LogP contribution in [0.2, 0.25) is 0 Å². The van der Waals surface area contributed by atoms with Crippen molar-refractivity contribution >= 4 is 0 Å². The molecule has 2 N–H and O–H groups in total. The Morgan fingerprint density at radius 2 is 1.92 bits per heavy atom. The lowest BCUT2D eigenvalue weighted by atomic mass is 10.2. The van der Waals surface area contributed by atoms with Gasteiger partial charge in [0, 0.05) is 13.1 Å². The first kappa shape index (κ1) is 9.96. The molecular weight excluding hydrogens is 162 g/mol. The maximum absolute atomic E-state index is 8.47. The van der Waals surface area contributed by atoms with Gasteiger partial charge in [0.2, 0.25) is 0 Å². The third kappa shape index (κ3) is 4.45. The average molecular weight is 177 g/mol. The minimum absolute atomic E-state index is 0.118. The van der Waals surface area contributed by atoms with Gasteiger partial charge < -0.3 is 10.4 Å². The van der Waals surface area contributed by atoms with Crippen molar-refractivity contribution in [3.63, 3.8) is 0 Å². The van der Waals surface area contributed by atoms with E-state index >= 15 is 0 Å². The fourth-order valence-corrected chi connectivity index (χ4v) is 1.05. The first-order valence-corrected chi connectivity index (χ1v) is 4.44. The molecule has 0 amide bonds. The fourth-order valence-electron chi connectivity index (χ4n) is 1.05. The Morgan fingerprint density at radius 3 is 2.62 bits per heavy atom. The molecule has 0 saturated heterocycles. The third-order valence-electron chi connectivity index (χ3n) is 1.71. The van der Waals surface area contributed by atoms with Crippen LogP contribution in [0.3, 0.4) is 0 Å². The number of hydrogen-bond acceptors (Lipinski definition) is 2. The van der Waals surface area contributed by atoms with Crippen molar-refractivity contribution in [2.75, 3.05) is 13.2 Å². The van der Waals surface area contributed by atoms with Gasteiger partial charge in [-0.25, -0.2) is 0 Å². The number of aliphatic hydroxyl groups is 1. The number of aliphatic hydroxyl groups excluding tert-OH is 1. The van der Waals surface area contributed by atoms with Gasteiger partial charge in [0.25, 0.3) is 0 Å². The van der Waals surface area contributed by atoms with E-state index in [-0.39, 0.29) is 6.61 Å². The summed E-state index contributed by atoms with van der Waals surface area (Å²) in [5, 5.41) is 11.7. The van der Waals surface area contributed by atoms with Crippen LogP contribution >= 0.6 is 0 Å². The van der Waals surface area contributed by atoms with Crippen LogP contribution in [-0.4, -0.2) is 18.3 Å². The summed E-state index contributed by atoms with van der Waals surface area (Å²) in [5.74, 6) is 0. The molecule has 2 nitrogen and oxygen atoms in total. The Kier molecular flexibility index (Phi) is 4.91. The van der Waals surface area contributed by atoms with E-state index in [0.717, 1.165) is 13.1 Å². The van der Waals surface area contributed by atoms with E-state index in [4.69, 9.17) is 5.11 Å². The maximum Gasteiger partial charge on any atom is 0.0612 e. The molecule has 0 fully saturated rings. The Bertz CT molecular complexity index is 244. The topological polar surface area (TPSA) is 32.3 Å². The van der Waals surface area contributed by atoms with E-state index in [9.17, 15) is 0 Å². The highest BCUT2D eigenvalue weighted by molar-refractivity contribution is 5.14. The van der Waals surface area contributed by atoms with E-state index in [1.165, 1.54) is 5.56 Å². The van der Waals surface area contributed by atoms with Gasteiger partial charge in [0.15, 0.2) is 0 Å². The molecule has 0 atom stereocenters. The molecule has 1 aromatic rings. The fraction of sp³-hybridized carbons (Fsp3) is 0.273. The van der Waals surface area contributed by atoms with E-state index in [2.05, 4.69) is 17.4 Å². The summed E-state index contributed by atoms with van der Waals surface area (Å²) in [4.78, 5) is 0. The standard InChI is InChI=1S/C11H15NO/c13-9-5-4-8-12-10-11-6-2-1-3-7-11/h1-7,12-13H,8-10H2. The lowest BCUT2D eigenvalue weighted by Crippen LogP contribution is -2.12. The molecule has 70 valence electrons. The van der Waals surface area contributed by atoms with Crippen molar-refractivity contribution in [2.45, 2.75) is 6.54 Å². The second-order valence-corrected chi connectivity index (χ2v) is 2.77. The van der Waals surface area contributed by atoms with Gasteiger partial charge in [-0.2, -0.15) is 0 Å². The van der Waals surface area contributed by atoms with Gasteiger partial charge in [0.1, 0.15) is 0 Å². The molecule has 0 unspecified atom stereocenters. The van der Waals surface area contributed by atoms with Crippen LogP contribution in [-0.2, 0) is 6.54 Å². The quantitative estimate of drug-likeness (QED) is 0.525. The van der Waals surface area contributed by atoms with Gasteiger partial charge in [0.05, 0.1) is 6.61 Å². The summed E-state index contributed by atoms with van der Waals surface area (Å²) < 4.78 is 0. The van der Waals surface area contributed by atoms with Gasteiger partial charge >= 0.3 is 0 Å². The second-order valence-electron chi connectivity index (χ2n) is 2.77. The van der Waals surface area contributed by atoms with Gasteiger partial charge in [-0.1, -0.05) is 42.5 Å². The largest absolute Gasteiger partial charge is 0.392 e. The van der Waals surface area contributed by atoms with Crippen molar-refractivity contribution in [3.8, 4) is 0 Å². The number of benzene rings is 1. The number of rotatable bonds is 5. The second kappa shape index (κ2) is 6.40. The molecule has 2 heteroatoms. The lowest BCUT2D eigenvalue weighted by Gasteiger charge is -2.00. The summed E-state index contributed by atoms with van der Waals surface area (Å²) in [6.07, 6.45) is 3.65. The highest BCUT2D eigenvalue weighted by atomic mass is 16.2. The van der Waals surface area contributed by atoms with Crippen molar-refractivity contribution in [1.82, 2.24) is 5.32 Å². The molecule has 0 bridgehead atoms. The SMILES string of the molecule is OCC=CCNCc1ccccc1. The van der Waals surface area contributed by atoms with Crippen LogP contribution in [0.4, 0.5) is 0 Å². The highest BCUT2D eigenvalue weighted by Gasteiger charge is 1.87. The normalized spacial score (nSPS) is 10.8. The van der Waals surface area contributed by atoms with Crippen molar-refractivity contribution in [2.24, 2.45) is 0 Å². The van der Waals surface area contributed by atoms with E-state index in [0.29, 0.717) is 0 Å². The van der Waals surface area contributed by atoms with Gasteiger partial charge in [-0.05, 0) is 5.56 Å². The molecule has 0 radical (unpaired) electrons. The van der Waals surface area contributed by atoms with Gasteiger partial charge in [-0.15, -0.1) is 0 Å². The predicted molar refractivity (Wildman–Crippen MR) is 54.4 cm³/mol. The molecule has 0 spiro atoms. The van der Waals surface area contributed by atoms with Crippen LogP contribution in [0.25, 0.3) is 0 Å². The average Bonchev–Trinajstić information content (AvgIpc) is 2.19. The highest BCUT2D eigenvalue weighted by Crippen LogP contribution is 1.96. The third-order valence-corrected chi connectivity index (χ3v) is 1.71. The summed E-state index contributed by atoms with van der Waals surface area (Å²) in [6, 6.07) is 10.2. The Balaban J connectivity index is 2.17. The first-order chi connectivity index (χ1) is 6.43. The van der Waals surface area contributed by atoms with E-state index in [1.807, 2.05) is 24.3 Å². The zero-order chi connectivity index (χ0) is 9.36. The van der Waals surface area contributed by atoms with Crippen molar-refractivity contribution in [3.05, 3.63) is 48.0 Å². The maximum atomic E-state index is 8.47. The molecular formula is C11H15NO. The molecule has 0 saturated carbocycles. The molecule has 1 rings (SSSR count). The van der Waals surface area contributed by atoms with Crippen LogP contribution in [0.5, 0.6) is 0 Å². The molecule has 0 aliphatic heterocycles. The first-order valence-electron chi connectivity index (χ1n) is 4.44. The smallest absolute Gasteiger partial charge is 0.0612 e. The van der Waals surface area contributed by atoms with E-state index < -0.39 is 0 Å². The molecule has 0 heterocycles. The zero-order valence-corrected chi connectivity index (χ0v) is 7.61. The Morgan fingerprint density at radius 1 is 1.15 bits per heavy atom. The lowest BCUT2D eigenvalue weighted by molar-refractivity contribution is 0.342. The molecule has 0 aliphatic rings.